The Morgan fingerprint density at radius 3 is 2.20 bits per heavy atom. The van der Waals surface area contributed by atoms with Crippen LogP contribution >= 0.6 is 0 Å². The van der Waals surface area contributed by atoms with Crippen molar-refractivity contribution in [1.29, 1.82) is 0 Å². The average Bonchev–Trinajstić information content (AvgIpc) is 2.76. The molecule has 2 aromatic carbocycles. The molecular formula is C21H20F2N4O2S. The molecular weight excluding hydrogens is 410 g/mol. The summed E-state index contributed by atoms with van der Waals surface area (Å²) >= 11 is 0. The highest BCUT2D eigenvalue weighted by Crippen LogP contribution is 2.24. The van der Waals surface area contributed by atoms with Crippen molar-refractivity contribution in [2.75, 3.05) is 31.1 Å². The van der Waals surface area contributed by atoms with Crippen molar-refractivity contribution in [2.24, 2.45) is 0 Å². The standard InChI is InChI=1S/C21H20F2N4O2S/c1-15-2-4-16(5-3-15)19-8-9-21(25-24-19)26-10-12-27(13-11-26)30(28,29)20-14-17(22)6-7-18(20)23/h2-9,14H,10-13H2,1H3. The Labute approximate surface area is 173 Å². The van der Waals surface area contributed by atoms with Gasteiger partial charge in [0.1, 0.15) is 16.5 Å². The SMILES string of the molecule is Cc1ccc(-c2ccc(N3CCN(S(=O)(=O)c4cc(F)ccc4F)CC3)nn2)cc1. The number of hydrogen-bond donors (Lipinski definition) is 0. The van der Waals surface area contributed by atoms with Crippen molar-refractivity contribution in [3.8, 4) is 11.3 Å². The van der Waals surface area contributed by atoms with Crippen LogP contribution in [0.1, 0.15) is 5.56 Å². The van der Waals surface area contributed by atoms with E-state index in [9.17, 15) is 17.2 Å². The summed E-state index contributed by atoms with van der Waals surface area (Å²) in [5, 5.41) is 8.55. The van der Waals surface area contributed by atoms with E-state index in [4.69, 9.17) is 0 Å². The van der Waals surface area contributed by atoms with Crippen LogP contribution in [0.3, 0.4) is 0 Å². The van der Waals surface area contributed by atoms with Crippen molar-refractivity contribution in [1.82, 2.24) is 14.5 Å². The fourth-order valence-corrected chi connectivity index (χ4v) is 4.84. The van der Waals surface area contributed by atoms with Gasteiger partial charge in [-0.2, -0.15) is 4.31 Å². The van der Waals surface area contributed by atoms with Crippen molar-refractivity contribution in [2.45, 2.75) is 11.8 Å². The molecule has 0 saturated carbocycles. The van der Waals surface area contributed by atoms with Gasteiger partial charge in [0, 0.05) is 31.7 Å². The number of nitrogens with zero attached hydrogens (tertiary/aromatic N) is 4. The van der Waals surface area contributed by atoms with Crippen LogP contribution in [0.15, 0.2) is 59.5 Å². The summed E-state index contributed by atoms with van der Waals surface area (Å²) < 4.78 is 54.0. The Kier molecular flexibility index (Phi) is 5.48. The highest BCUT2D eigenvalue weighted by Gasteiger charge is 2.31. The quantitative estimate of drug-likeness (QED) is 0.636. The van der Waals surface area contributed by atoms with E-state index in [0.29, 0.717) is 25.0 Å². The van der Waals surface area contributed by atoms with E-state index in [1.807, 2.05) is 48.2 Å². The normalized spacial score (nSPS) is 15.4. The number of anilines is 1. The Morgan fingerprint density at radius 1 is 0.867 bits per heavy atom. The number of halogens is 2. The van der Waals surface area contributed by atoms with Gasteiger partial charge >= 0.3 is 0 Å². The zero-order valence-electron chi connectivity index (χ0n) is 16.3. The predicted molar refractivity (Wildman–Crippen MR) is 110 cm³/mol. The van der Waals surface area contributed by atoms with Gasteiger partial charge in [-0.15, -0.1) is 10.2 Å². The van der Waals surface area contributed by atoms with E-state index in [1.165, 1.54) is 0 Å². The zero-order chi connectivity index (χ0) is 21.3. The molecule has 0 N–H and O–H groups in total. The summed E-state index contributed by atoms with van der Waals surface area (Å²) in [7, 11) is -4.11. The number of rotatable bonds is 4. The fourth-order valence-electron chi connectivity index (χ4n) is 3.34. The monoisotopic (exact) mass is 430 g/mol. The largest absolute Gasteiger partial charge is 0.352 e. The molecule has 0 spiro atoms. The van der Waals surface area contributed by atoms with Crippen molar-refractivity contribution >= 4 is 15.8 Å². The second-order valence-electron chi connectivity index (χ2n) is 7.11. The maximum absolute atomic E-state index is 14.0. The van der Waals surface area contributed by atoms with Gasteiger partial charge < -0.3 is 4.90 Å². The molecule has 30 heavy (non-hydrogen) atoms. The molecule has 9 heteroatoms. The van der Waals surface area contributed by atoms with E-state index in [0.717, 1.165) is 33.3 Å². The minimum absolute atomic E-state index is 0.139. The second kappa shape index (κ2) is 8.08. The van der Waals surface area contributed by atoms with Gasteiger partial charge in [-0.3, -0.25) is 0 Å². The number of hydrogen-bond acceptors (Lipinski definition) is 5. The number of aromatic nitrogens is 2. The highest BCUT2D eigenvalue weighted by molar-refractivity contribution is 7.89. The zero-order valence-corrected chi connectivity index (χ0v) is 17.1. The first-order chi connectivity index (χ1) is 14.3. The van der Waals surface area contributed by atoms with Crippen LogP contribution in [-0.4, -0.2) is 49.1 Å². The third kappa shape index (κ3) is 4.03. The fraction of sp³-hybridized carbons (Fsp3) is 0.238. The van der Waals surface area contributed by atoms with Gasteiger partial charge in [0.05, 0.1) is 5.69 Å². The van der Waals surface area contributed by atoms with Gasteiger partial charge in [-0.1, -0.05) is 29.8 Å². The molecule has 6 nitrogen and oxygen atoms in total. The number of aryl methyl sites for hydroxylation is 1. The van der Waals surface area contributed by atoms with Crippen LogP contribution in [0.4, 0.5) is 14.6 Å². The first kappa shape index (κ1) is 20.4. The molecule has 3 aromatic rings. The molecule has 156 valence electrons. The van der Waals surface area contributed by atoms with Crippen molar-refractivity contribution < 1.29 is 17.2 Å². The number of sulfonamides is 1. The van der Waals surface area contributed by atoms with Crippen molar-refractivity contribution in [3.63, 3.8) is 0 Å². The lowest BCUT2D eigenvalue weighted by atomic mass is 10.1. The molecule has 1 aromatic heterocycles. The molecule has 0 unspecified atom stereocenters. The lowest BCUT2D eigenvalue weighted by Gasteiger charge is -2.34. The molecule has 0 atom stereocenters. The van der Waals surface area contributed by atoms with E-state index in [2.05, 4.69) is 10.2 Å². The Hall–Kier alpha value is -2.91. The summed E-state index contributed by atoms with van der Waals surface area (Å²) in [4.78, 5) is 1.28. The first-order valence-electron chi connectivity index (χ1n) is 9.45. The van der Waals surface area contributed by atoms with Crippen LogP contribution in [0, 0.1) is 18.6 Å². The topological polar surface area (TPSA) is 66.4 Å². The average molecular weight is 430 g/mol. The summed E-state index contributed by atoms with van der Waals surface area (Å²) in [5.41, 5.74) is 2.88. The molecule has 0 aliphatic carbocycles. The lowest BCUT2D eigenvalue weighted by molar-refractivity contribution is 0.380. The maximum atomic E-state index is 14.0. The summed E-state index contributed by atoms with van der Waals surface area (Å²) in [5.74, 6) is -1.12. The second-order valence-corrected chi connectivity index (χ2v) is 9.02. The van der Waals surface area contributed by atoms with E-state index < -0.39 is 26.6 Å². The summed E-state index contributed by atoms with van der Waals surface area (Å²) in [6.45, 7) is 3.03. The van der Waals surface area contributed by atoms with Crippen LogP contribution in [0.2, 0.25) is 0 Å². The van der Waals surface area contributed by atoms with E-state index >= 15 is 0 Å². The van der Waals surface area contributed by atoms with Crippen LogP contribution in [0.25, 0.3) is 11.3 Å². The lowest BCUT2D eigenvalue weighted by Crippen LogP contribution is -2.49. The van der Waals surface area contributed by atoms with Gasteiger partial charge in [0.2, 0.25) is 10.0 Å². The molecule has 0 amide bonds. The summed E-state index contributed by atoms with van der Waals surface area (Å²) in [6, 6.07) is 14.1. The van der Waals surface area contributed by atoms with Crippen LogP contribution < -0.4 is 4.90 Å². The van der Waals surface area contributed by atoms with Gasteiger partial charge in [-0.05, 0) is 37.3 Å². The van der Waals surface area contributed by atoms with E-state index in [1.54, 1.807) is 0 Å². The smallest absolute Gasteiger partial charge is 0.246 e. The molecule has 0 bridgehead atoms. The van der Waals surface area contributed by atoms with Crippen LogP contribution in [-0.2, 0) is 10.0 Å². The molecule has 4 rings (SSSR count). The molecule has 2 heterocycles. The Bertz CT molecular complexity index is 1140. The third-order valence-corrected chi connectivity index (χ3v) is 6.99. The first-order valence-corrected chi connectivity index (χ1v) is 10.9. The Balaban J connectivity index is 1.45. The highest BCUT2D eigenvalue weighted by atomic mass is 32.2. The van der Waals surface area contributed by atoms with Crippen LogP contribution in [0.5, 0.6) is 0 Å². The number of benzene rings is 2. The van der Waals surface area contributed by atoms with Crippen molar-refractivity contribution in [3.05, 3.63) is 71.8 Å². The maximum Gasteiger partial charge on any atom is 0.246 e. The van der Waals surface area contributed by atoms with Gasteiger partial charge in [0.15, 0.2) is 5.82 Å². The predicted octanol–water partition coefficient (Wildman–Crippen LogP) is 3.24. The minimum atomic E-state index is -4.11. The molecule has 1 aliphatic heterocycles. The van der Waals surface area contributed by atoms with Gasteiger partial charge in [0.25, 0.3) is 0 Å². The molecule has 1 aliphatic rings. The molecule has 1 fully saturated rings. The molecule has 0 radical (unpaired) electrons. The van der Waals surface area contributed by atoms with E-state index in [-0.39, 0.29) is 13.1 Å². The van der Waals surface area contributed by atoms with Gasteiger partial charge in [-0.25, -0.2) is 17.2 Å². The Morgan fingerprint density at radius 2 is 1.57 bits per heavy atom. The number of piperazine rings is 1. The molecule has 1 saturated heterocycles. The minimum Gasteiger partial charge on any atom is -0.352 e. The third-order valence-electron chi connectivity index (χ3n) is 5.07. The summed E-state index contributed by atoms with van der Waals surface area (Å²) in [6.07, 6.45) is 0.